The molecule has 1 aromatic carbocycles. The summed E-state index contributed by atoms with van der Waals surface area (Å²) in [5.41, 5.74) is 0.880. The van der Waals surface area contributed by atoms with Crippen LogP contribution in [0.25, 0.3) is 5.57 Å². The van der Waals surface area contributed by atoms with Gasteiger partial charge in [-0.05, 0) is 36.8 Å². The van der Waals surface area contributed by atoms with Crippen LogP contribution in [-0.2, 0) is 15.7 Å². The van der Waals surface area contributed by atoms with Gasteiger partial charge in [-0.1, -0.05) is 12.1 Å². The Morgan fingerprint density at radius 3 is 2.60 bits per heavy atom. The van der Waals surface area contributed by atoms with Gasteiger partial charge in [-0.3, -0.25) is 9.78 Å². The zero-order valence-corrected chi connectivity index (χ0v) is 13.5. The number of aryl methyl sites for hydroxylation is 1. The van der Waals surface area contributed by atoms with E-state index >= 15 is 0 Å². The van der Waals surface area contributed by atoms with Gasteiger partial charge in [0.15, 0.2) is 6.10 Å². The van der Waals surface area contributed by atoms with E-state index in [0.29, 0.717) is 5.69 Å². The normalized spacial score (nSPS) is 17.6. The molecule has 3 rings (SSSR count). The molecule has 1 atom stereocenters. The highest BCUT2D eigenvalue weighted by Gasteiger charge is 2.39. The summed E-state index contributed by atoms with van der Waals surface area (Å²) >= 11 is 0. The van der Waals surface area contributed by atoms with Crippen LogP contribution in [0.4, 0.5) is 13.2 Å². The summed E-state index contributed by atoms with van der Waals surface area (Å²) in [6.45, 7) is 1.86. The second-order valence-electron chi connectivity index (χ2n) is 5.66. The number of aromatic nitrogens is 1. The van der Waals surface area contributed by atoms with Crippen LogP contribution in [0, 0.1) is 6.92 Å². The predicted molar refractivity (Wildman–Crippen MR) is 85.2 cm³/mol. The molecule has 0 aliphatic carbocycles. The largest absolute Gasteiger partial charge is 0.462 e. The van der Waals surface area contributed by atoms with E-state index in [2.05, 4.69) is 10.3 Å². The molecule has 130 valence electrons. The van der Waals surface area contributed by atoms with Gasteiger partial charge in [-0.2, -0.15) is 13.2 Å². The number of hydrogen-bond donors (Lipinski definition) is 1. The Hall–Kier alpha value is -2.83. The predicted octanol–water partition coefficient (Wildman–Crippen LogP) is 3.64. The Morgan fingerprint density at radius 2 is 1.96 bits per heavy atom. The van der Waals surface area contributed by atoms with E-state index < -0.39 is 23.6 Å². The molecule has 7 heteroatoms. The van der Waals surface area contributed by atoms with Crippen molar-refractivity contribution in [2.45, 2.75) is 19.2 Å². The number of alkyl halides is 3. The minimum absolute atomic E-state index is 0.148. The third kappa shape index (κ3) is 3.22. The Kier molecular flexibility index (Phi) is 4.24. The van der Waals surface area contributed by atoms with Gasteiger partial charge in [-0.15, -0.1) is 0 Å². The summed E-state index contributed by atoms with van der Waals surface area (Å²) in [5, 5.41) is 2.78. The molecule has 0 saturated carbocycles. The van der Waals surface area contributed by atoms with Crippen LogP contribution in [-0.4, -0.2) is 17.8 Å². The van der Waals surface area contributed by atoms with Crippen LogP contribution in [0.5, 0.6) is 0 Å². The van der Waals surface area contributed by atoms with Crippen LogP contribution >= 0.6 is 0 Å². The molecule has 2 heterocycles. The van der Waals surface area contributed by atoms with E-state index in [4.69, 9.17) is 4.74 Å². The molecular formula is C18H15F3N2O2. The maximum atomic E-state index is 12.9. The third-order valence-electron chi connectivity index (χ3n) is 3.86. The fourth-order valence-corrected chi connectivity index (χ4v) is 2.67. The van der Waals surface area contributed by atoms with Crippen molar-refractivity contribution in [1.29, 1.82) is 0 Å². The highest BCUT2D eigenvalue weighted by molar-refractivity contribution is 6.24. The molecule has 1 aliphatic heterocycles. The molecule has 0 amide bonds. The standard InChI is InChI=1S/C18H15F3N2O2/c1-10-6-7-23-13(8-10)14-15(24)16(25-17(14)22-2)11-4-3-5-12(9-11)18(19,20)21/h3-9,16,22H,1-2H3. The Labute approximate surface area is 142 Å². The summed E-state index contributed by atoms with van der Waals surface area (Å²) in [7, 11) is 1.58. The van der Waals surface area contributed by atoms with Crippen molar-refractivity contribution in [3.05, 3.63) is 70.9 Å². The number of carbonyl (C=O) groups excluding carboxylic acids is 1. The highest BCUT2D eigenvalue weighted by atomic mass is 19.4. The fraction of sp³-hybridized carbons (Fsp3) is 0.222. The van der Waals surface area contributed by atoms with Gasteiger partial charge >= 0.3 is 6.18 Å². The van der Waals surface area contributed by atoms with Gasteiger partial charge in [0, 0.05) is 18.8 Å². The minimum atomic E-state index is -4.49. The summed E-state index contributed by atoms with van der Waals surface area (Å²) in [5.74, 6) is -0.229. The van der Waals surface area contributed by atoms with E-state index in [0.717, 1.165) is 17.7 Å². The lowest BCUT2D eigenvalue weighted by Gasteiger charge is -2.14. The number of carbonyl (C=O) groups is 1. The van der Waals surface area contributed by atoms with Crippen molar-refractivity contribution >= 4 is 11.4 Å². The molecular weight excluding hydrogens is 333 g/mol. The first-order valence-electron chi connectivity index (χ1n) is 7.54. The topological polar surface area (TPSA) is 51.2 Å². The quantitative estimate of drug-likeness (QED) is 0.920. The number of benzene rings is 1. The average Bonchev–Trinajstić information content (AvgIpc) is 2.91. The van der Waals surface area contributed by atoms with Gasteiger partial charge in [0.1, 0.15) is 5.57 Å². The number of Topliss-reactive ketones (excluding diaryl/α,β-unsaturated/α-hetero) is 1. The molecule has 2 aromatic rings. The second-order valence-corrected chi connectivity index (χ2v) is 5.66. The van der Waals surface area contributed by atoms with Crippen LogP contribution in [0.2, 0.25) is 0 Å². The van der Waals surface area contributed by atoms with E-state index in [1.54, 1.807) is 25.4 Å². The van der Waals surface area contributed by atoms with Gasteiger partial charge in [0.25, 0.3) is 0 Å². The van der Waals surface area contributed by atoms with Crippen LogP contribution in [0.3, 0.4) is 0 Å². The number of nitrogens with zero attached hydrogens (tertiary/aromatic N) is 1. The highest BCUT2D eigenvalue weighted by Crippen LogP contribution is 2.38. The number of halogens is 3. The number of hydrogen-bond acceptors (Lipinski definition) is 4. The summed E-state index contributed by atoms with van der Waals surface area (Å²) in [6.07, 6.45) is -4.06. The zero-order chi connectivity index (χ0) is 18.2. The maximum absolute atomic E-state index is 12.9. The second kappa shape index (κ2) is 6.23. The van der Waals surface area contributed by atoms with E-state index in [-0.39, 0.29) is 17.0 Å². The Balaban J connectivity index is 1.99. The summed E-state index contributed by atoms with van der Waals surface area (Å²) in [6, 6.07) is 8.10. The lowest BCUT2D eigenvalue weighted by molar-refractivity contribution is -0.137. The SMILES string of the molecule is CNC1=C(c2cc(C)ccn2)C(=O)C(c2cccc(C(F)(F)F)c2)O1. The molecule has 25 heavy (non-hydrogen) atoms. The van der Waals surface area contributed by atoms with Crippen molar-refractivity contribution in [3.63, 3.8) is 0 Å². The lowest BCUT2D eigenvalue weighted by atomic mass is 9.98. The summed E-state index contributed by atoms with van der Waals surface area (Å²) in [4.78, 5) is 17.0. The van der Waals surface area contributed by atoms with Crippen molar-refractivity contribution in [1.82, 2.24) is 10.3 Å². The summed E-state index contributed by atoms with van der Waals surface area (Å²) < 4.78 is 44.4. The smallest absolute Gasteiger partial charge is 0.416 e. The zero-order valence-electron chi connectivity index (χ0n) is 13.5. The average molecular weight is 348 g/mol. The van der Waals surface area contributed by atoms with Crippen molar-refractivity contribution in [3.8, 4) is 0 Å². The van der Waals surface area contributed by atoms with E-state index in [9.17, 15) is 18.0 Å². The maximum Gasteiger partial charge on any atom is 0.416 e. The van der Waals surface area contributed by atoms with Crippen LogP contribution < -0.4 is 5.32 Å². The monoisotopic (exact) mass is 348 g/mol. The molecule has 0 saturated heterocycles. The molecule has 0 bridgehead atoms. The van der Waals surface area contributed by atoms with Gasteiger partial charge in [0.2, 0.25) is 11.7 Å². The Bertz CT molecular complexity index is 859. The number of pyridine rings is 1. The Morgan fingerprint density at radius 1 is 1.20 bits per heavy atom. The van der Waals surface area contributed by atoms with Crippen LogP contribution in [0.1, 0.15) is 28.5 Å². The molecule has 0 spiro atoms. The molecule has 1 N–H and O–H groups in total. The van der Waals surface area contributed by atoms with Crippen LogP contribution in [0.15, 0.2) is 48.5 Å². The first-order chi connectivity index (χ1) is 11.8. The minimum Gasteiger partial charge on any atom is -0.462 e. The van der Waals surface area contributed by atoms with Crippen molar-refractivity contribution in [2.24, 2.45) is 0 Å². The molecule has 1 unspecified atom stereocenters. The van der Waals surface area contributed by atoms with Crippen molar-refractivity contribution < 1.29 is 22.7 Å². The van der Waals surface area contributed by atoms with Crippen molar-refractivity contribution in [2.75, 3.05) is 7.05 Å². The van der Waals surface area contributed by atoms with Gasteiger partial charge in [-0.25, -0.2) is 0 Å². The first-order valence-corrected chi connectivity index (χ1v) is 7.54. The fourth-order valence-electron chi connectivity index (χ4n) is 2.67. The molecule has 4 nitrogen and oxygen atoms in total. The van der Waals surface area contributed by atoms with E-state index in [1.165, 1.54) is 12.1 Å². The third-order valence-corrected chi connectivity index (χ3v) is 3.86. The number of ketones is 1. The van der Waals surface area contributed by atoms with Gasteiger partial charge < -0.3 is 10.1 Å². The van der Waals surface area contributed by atoms with Gasteiger partial charge in [0.05, 0.1) is 11.3 Å². The number of ether oxygens (including phenoxy) is 1. The number of nitrogens with one attached hydrogen (secondary N) is 1. The number of rotatable bonds is 3. The molecule has 0 radical (unpaired) electrons. The van der Waals surface area contributed by atoms with E-state index in [1.807, 2.05) is 6.92 Å². The molecule has 1 aromatic heterocycles. The lowest BCUT2D eigenvalue weighted by Crippen LogP contribution is -2.12. The molecule has 0 fully saturated rings. The molecule has 1 aliphatic rings. The first kappa shape index (κ1) is 17.0.